The molecule has 0 spiro atoms. The second-order valence-electron chi connectivity index (χ2n) is 8.06. The molecule has 1 unspecified atom stereocenters. The third-order valence-electron chi connectivity index (χ3n) is 5.56. The molecule has 0 saturated carbocycles. The van der Waals surface area contributed by atoms with E-state index in [0.29, 0.717) is 24.2 Å². The van der Waals surface area contributed by atoms with Crippen molar-refractivity contribution in [1.82, 2.24) is 9.55 Å². The predicted molar refractivity (Wildman–Crippen MR) is 121 cm³/mol. The van der Waals surface area contributed by atoms with Crippen molar-refractivity contribution in [3.05, 3.63) is 104 Å². The highest BCUT2D eigenvalue weighted by Crippen LogP contribution is 2.26. The zero-order valence-electron chi connectivity index (χ0n) is 18.3. The molecule has 4 rings (SSSR count). The number of esters is 1. The first-order chi connectivity index (χ1) is 16.0. The molecule has 0 bridgehead atoms. The summed E-state index contributed by atoms with van der Waals surface area (Å²) < 4.78 is 19.2. The summed E-state index contributed by atoms with van der Waals surface area (Å²) in [7, 11) is 0. The summed E-state index contributed by atoms with van der Waals surface area (Å²) in [6, 6.07) is 18.5. The summed E-state index contributed by atoms with van der Waals surface area (Å²) in [6.45, 7) is 2.32. The number of carbonyl (C=O) groups is 1. The van der Waals surface area contributed by atoms with Crippen LogP contribution < -0.4 is 11.2 Å². The molecule has 2 heterocycles. The third-order valence-corrected chi connectivity index (χ3v) is 5.56. The van der Waals surface area contributed by atoms with E-state index >= 15 is 0 Å². The Morgan fingerprint density at radius 1 is 1.09 bits per heavy atom. The number of hydrogen-bond donors (Lipinski definition) is 1. The van der Waals surface area contributed by atoms with Crippen molar-refractivity contribution in [3.63, 3.8) is 0 Å². The lowest BCUT2D eigenvalue weighted by Crippen LogP contribution is -2.34. The Morgan fingerprint density at radius 3 is 2.52 bits per heavy atom. The van der Waals surface area contributed by atoms with Crippen LogP contribution in [-0.4, -0.2) is 40.4 Å². The number of H-pyrrole nitrogens is 1. The lowest BCUT2D eigenvalue weighted by atomic mass is 10.1. The number of aromatic amines is 1. The summed E-state index contributed by atoms with van der Waals surface area (Å²) >= 11 is 0. The Morgan fingerprint density at radius 2 is 1.79 bits per heavy atom. The molecule has 3 aromatic rings. The number of nitrogens with zero attached hydrogens (tertiary/aromatic N) is 1. The number of rotatable bonds is 8. The van der Waals surface area contributed by atoms with Gasteiger partial charge in [0.15, 0.2) is 0 Å². The smallest absolute Gasteiger partial charge is 0.338 e. The van der Waals surface area contributed by atoms with Gasteiger partial charge < -0.3 is 14.2 Å². The van der Waals surface area contributed by atoms with Crippen molar-refractivity contribution in [2.24, 2.45) is 0 Å². The Hall–Kier alpha value is -3.49. The van der Waals surface area contributed by atoms with Gasteiger partial charge >= 0.3 is 11.7 Å². The van der Waals surface area contributed by atoms with Crippen molar-refractivity contribution < 1.29 is 19.0 Å². The van der Waals surface area contributed by atoms with E-state index in [4.69, 9.17) is 14.2 Å². The van der Waals surface area contributed by atoms with Crippen LogP contribution in [0.2, 0.25) is 0 Å². The van der Waals surface area contributed by atoms with Crippen LogP contribution in [0.4, 0.5) is 0 Å². The molecular weight excluding hydrogens is 424 g/mol. The van der Waals surface area contributed by atoms with Crippen LogP contribution in [0.1, 0.15) is 27.9 Å². The van der Waals surface area contributed by atoms with Crippen molar-refractivity contribution >= 4 is 5.97 Å². The van der Waals surface area contributed by atoms with E-state index in [9.17, 15) is 14.4 Å². The second-order valence-corrected chi connectivity index (χ2v) is 8.06. The zero-order chi connectivity index (χ0) is 23.2. The minimum Gasteiger partial charge on any atom is -0.459 e. The molecule has 1 N–H and O–H groups in total. The van der Waals surface area contributed by atoms with Gasteiger partial charge in [0.25, 0.3) is 5.56 Å². The molecule has 8 nitrogen and oxygen atoms in total. The van der Waals surface area contributed by atoms with E-state index in [1.807, 2.05) is 36.4 Å². The summed E-state index contributed by atoms with van der Waals surface area (Å²) in [6.07, 6.45) is 0.899. The van der Waals surface area contributed by atoms with Gasteiger partial charge in [0.05, 0.1) is 30.9 Å². The van der Waals surface area contributed by atoms with E-state index in [1.54, 1.807) is 31.2 Å². The Bertz CT molecular complexity index is 1190. The van der Waals surface area contributed by atoms with Crippen LogP contribution in [0.25, 0.3) is 0 Å². The van der Waals surface area contributed by atoms with Crippen LogP contribution in [-0.2, 0) is 27.4 Å². The highest BCUT2D eigenvalue weighted by molar-refractivity contribution is 5.89. The molecule has 1 aliphatic rings. The summed E-state index contributed by atoms with van der Waals surface area (Å²) in [5.41, 5.74) is 1.03. The molecule has 1 aliphatic heterocycles. The van der Waals surface area contributed by atoms with E-state index < -0.39 is 23.3 Å². The molecule has 33 heavy (non-hydrogen) atoms. The first kappa shape index (κ1) is 22.7. The van der Waals surface area contributed by atoms with Crippen LogP contribution >= 0.6 is 0 Å². The van der Waals surface area contributed by atoms with E-state index in [0.717, 1.165) is 5.56 Å². The number of carbonyl (C=O) groups excluding carboxylic acids is 1. The van der Waals surface area contributed by atoms with Crippen molar-refractivity contribution in [3.8, 4) is 0 Å². The van der Waals surface area contributed by atoms with Gasteiger partial charge in [0, 0.05) is 18.2 Å². The van der Waals surface area contributed by atoms with Gasteiger partial charge in [-0.15, -0.1) is 0 Å². The molecule has 3 atom stereocenters. The SMILES string of the molecule is Cc1cn(C[C@H]2C[C@H](OCc3ccccc3)C(COC(=O)c3ccccc3)O2)c(=O)[nH]c1=O. The van der Waals surface area contributed by atoms with Gasteiger partial charge in [-0.05, 0) is 24.6 Å². The lowest BCUT2D eigenvalue weighted by Gasteiger charge is -2.19. The molecule has 172 valence electrons. The van der Waals surface area contributed by atoms with Gasteiger partial charge in [-0.1, -0.05) is 48.5 Å². The van der Waals surface area contributed by atoms with E-state index in [1.165, 1.54) is 10.8 Å². The highest BCUT2D eigenvalue weighted by atomic mass is 16.6. The number of aryl methyl sites for hydroxylation is 1. The minimum atomic E-state index is -0.491. The molecule has 0 radical (unpaired) electrons. The van der Waals surface area contributed by atoms with Crippen LogP contribution in [0.3, 0.4) is 0 Å². The molecule has 1 aromatic heterocycles. The Labute approximate surface area is 190 Å². The first-order valence-electron chi connectivity index (χ1n) is 10.8. The van der Waals surface area contributed by atoms with Gasteiger partial charge in [0.2, 0.25) is 0 Å². The van der Waals surface area contributed by atoms with Crippen molar-refractivity contribution in [2.45, 2.75) is 44.8 Å². The zero-order valence-corrected chi connectivity index (χ0v) is 18.3. The van der Waals surface area contributed by atoms with Crippen LogP contribution in [0, 0.1) is 6.92 Å². The fraction of sp³-hybridized carbons (Fsp3) is 0.320. The molecule has 8 heteroatoms. The number of benzene rings is 2. The molecule has 0 aliphatic carbocycles. The fourth-order valence-corrected chi connectivity index (χ4v) is 3.81. The summed E-state index contributed by atoms with van der Waals surface area (Å²) in [5.74, 6) is -0.433. The monoisotopic (exact) mass is 450 g/mol. The quantitative estimate of drug-likeness (QED) is 0.529. The van der Waals surface area contributed by atoms with Crippen molar-refractivity contribution in [2.75, 3.05) is 6.61 Å². The maximum absolute atomic E-state index is 12.4. The molecule has 2 aromatic carbocycles. The van der Waals surface area contributed by atoms with Crippen LogP contribution in [0.15, 0.2) is 76.4 Å². The molecule has 1 saturated heterocycles. The predicted octanol–water partition coefficient (Wildman–Crippen LogP) is 2.44. The van der Waals surface area contributed by atoms with Gasteiger partial charge in [-0.25, -0.2) is 9.59 Å². The summed E-state index contributed by atoms with van der Waals surface area (Å²) in [5, 5.41) is 0. The molecule has 0 amide bonds. The number of aromatic nitrogens is 2. The van der Waals surface area contributed by atoms with Crippen LogP contribution in [0.5, 0.6) is 0 Å². The van der Waals surface area contributed by atoms with Gasteiger partial charge in [-0.3, -0.25) is 14.3 Å². The standard InChI is InChI=1S/C25H26N2O6/c1-17-13-27(25(30)26-23(17)28)14-20-12-21(31-15-18-8-4-2-5-9-18)22(33-20)16-32-24(29)19-10-6-3-7-11-19/h2-11,13,20-22H,12,14-16H2,1H3,(H,26,28,30)/t20-,21+,22?/m1/s1. The highest BCUT2D eigenvalue weighted by Gasteiger charge is 2.37. The average Bonchev–Trinajstić information content (AvgIpc) is 3.22. The third kappa shape index (κ3) is 5.85. The Kier molecular flexibility index (Phi) is 7.16. The average molecular weight is 450 g/mol. The largest absolute Gasteiger partial charge is 0.459 e. The molecular formula is C25H26N2O6. The maximum Gasteiger partial charge on any atom is 0.338 e. The molecule has 1 fully saturated rings. The van der Waals surface area contributed by atoms with E-state index in [-0.39, 0.29) is 25.4 Å². The van der Waals surface area contributed by atoms with Crippen molar-refractivity contribution in [1.29, 1.82) is 0 Å². The first-order valence-corrected chi connectivity index (χ1v) is 10.8. The topological polar surface area (TPSA) is 99.6 Å². The fourth-order valence-electron chi connectivity index (χ4n) is 3.81. The number of ether oxygens (including phenoxy) is 3. The normalized spacial score (nSPS) is 20.0. The minimum absolute atomic E-state index is 0.0310. The van der Waals surface area contributed by atoms with Gasteiger partial charge in [-0.2, -0.15) is 0 Å². The van der Waals surface area contributed by atoms with Gasteiger partial charge in [0.1, 0.15) is 12.7 Å². The lowest BCUT2D eigenvalue weighted by molar-refractivity contribution is -0.0600. The number of hydrogen-bond acceptors (Lipinski definition) is 6. The van der Waals surface area contributed by atoms with E-state index in [2.05, 4.69) is 4.98 Å². The number of nitrogens with one attached hydrogen (secondary N) is 1. The maximum atomic E-state index is 12.4. The second kappa shape index (κ2) is 10.4. The Balaban J connectivity index is 1.44. The summed E-state index contributed by atoms with van der Waals surface area (Å²) in [4.78, 5) is 38.5.